The summed E-state index contributed by atoms with van der Waals surface area (Å²) >= 11 is 0. The van der Waals surface area contributed by atoms with Crippen LogP contribution in [-0.4, -0.2) is 54.5 Å². The summed E-state index contributed by atoms with van der Waals surface area (Å²) in [5.41, 5.74) is -0.663. The van der Waals surface area contributed by atoms with Gasteiger partial charge in [-0.05, 0) is 38.5 Å². The van der Waals surface area contributed by atoms with E-state index >= 15 is 0 Å². The maximum absolute atomic E-state index is 13.1. The van der Waals surface area contributed by atoms with Crippen LogP contribution in [0.15, 0.2) is 0 Å². The second-order valence-corrected chi connectivity index (χ2v) is 15.0. The molecule has 1 aliphatic rings. The fourth-order valence-electron chi connectivity index (χ4n) is 5.78. The molecule has 0 aliphatic carbocycles. The molecule has 8 heteroatoms. The quantitative estimate of drug-likeness (QED) is 0.109. The number of carboxylic acid groups (broad SMARTS) is 1. The lowest BCUT2D eigenvalue weighted by Crippen LogP contribution is -2.57. The van der Waals surface area contributed by atoms with Crippen LogP contribution < -0.4 is 10.6 Å². The minimum atomic E-state index is -0.960. The molecule has 0 spiro atoms. The number of carbonyl (C=O) groups is 3. The fraction of sp³-hybridized carbons (Fsp3) is 0.914. The molecule has 1 aliphatic heterocycles. The van der Waals surface area contributed by atoms with Crippen LogP contribution in [0.3, 0.4) is 0 Å². The minimum absolute atomic E-state index is 0.0168. The molecule has 43 heavy (non-hydrogen) atoms. The second kappa shape index (κ2) is 19.7. The fourth-order valence-corrected chi connectivity index (χ4v) is 5.78. The molecule has 0 saturated carbocycles. The summed E-state index contributed by atoms with van der Waals surface area (Å²) in [6, 6.07) is 0. The third-order valence-corrected chi connectivity index (χ3v) is 8.75. The van der Waals surface area contributed by atoms with E-state index in [9.17, 15) is 19.5 Å². The molecule has 2 amide bonds. The average molecular weight is 611 g/mol. The highest BCUT2D eigenvalue weighted by Gasteiger charge is 2.45. The lowest BCUT2D eigenvalue weighted by atomic mass is 9.77. The van der Waals surface area contributed by atoms with Crippen molar-refractivity contribution in [2.24, 2.45) is 22.7 Å². The summed E-state index contributed by atoms with van der Waals surface area (Å²) in [5, 5.41) is 15.6. The maximum atomic E-state index is 13.1. The zero-order chi connectivity index (χ0) is 32.5. The van der Waals surface area contributed by atoms with Crippen molar-refractivity contribution < 1.29 is 29.0 Å². The summed E-state index contributed by atoms with van der Waals surface area (Å²) in [4.78, 5) is 37.9. The molecule has 0 aromatic heterocycles. The third kappa shape index (κ3) is 16.3. The van der Waals surface area contributed by atoms with E-state index in [0.29, 0.717) is 26.0 Å². The SMILES string of the molecule is CCCCCCCCCCCCCCC(C(=O)NCCCC(CNC(=O)C1OC(C)(C)OCC1(C)C)C(=O)O)C(C)(C)C. The molecule has 0 bridgehead atoms. The van der Waals surface area contributed by atoms with Crippen molar-refractivity contribution in [2.45, 2.75) is 164 Å². The summed E-state index contributed by atoms with van der Waals surface area (Å²) in [5.74, 6) is -2.92. The van der Waals surface area contributed by atoms with Crippen LogP contribution in [0, 0.1) is 22.7 Å². The summed E-state index contributed by atoms with van der Waals surface area (Å²) < 4.78 is 11.5. The summed E-state index contributed by atoms with van der Waals surface area (Å²) in [7, 11) is 0. The third-order valence-electron chi connectivity index (χ3n) is 8.75. The highest BCUT2D eigenvalue weighted by atomic mass is 16.7. The van der Waals surface area contributed by atoms with E-state index in [1.54, 1.807) is 13.8 Å². The molecule has 252 valence electrons. The van der Waals surface area contributed by atoms with Gasteiger partial charge in [0.05, 0.1) is 12.5 Å². The number of unbranched alkanes of at least 4 members (excludes halogenated alkanes) is 11. The normalized spacial score (nSPS) is 19.4. The lowest BCUT2D eigenvalue weighted by Gasteiger charge is -2.44. The molecule has 3 unspecified atom stereocenters. The van der Waals surface area contributed by atoms with Crippen molar-refractivity contribution in [3.05, 3.63) is 0 Å². The van der Waals surface area contributed by atoms with Crippen LogP contribution in [0.2, 0.25) is 0 Å². The minimum Gasteiger partial charge on any atom is -0.481 e. The van der Waals surface area contributed by atoms with Crippen molar-refractivity contribution in [1.82, 2.24) is 10.6 Å². The number of rotatable bonds is 22. The number of aliphatic carboxylic acids is 1. The smallest absolute Gasteiger partial charge is 0.308 e. The molecule has 0 aromatic carbocycles. The largest absolute Gasteiger partial charge is 0.481 e. The van der Waals surface area contributed by atoms with E-state index in [4.69, 9.17) is 9.47 Å². The zero-order valence-electron chi connectivity index (χ0n) is 28.9. The number of hydrogen-bond donors (Lipinski definition) is 3. The van der Waals surface area contributed by atoms with Gasteiger partial charge in [-0.15, -0.1) is 0 Å². The number of carboxylic acids is 1. The van der Waals surface area contributed by atoms with E-state index in [1.165, 1.54) is 64.2 Å². The predicted octanol–water partition coefficient (Wildman–Crippen LogP) is 7.63. The van der Waals surface area contributed by atoms with Gasteiger partial charge in [-0.1, -0.05) is 119 Å². The molecule has 0 aromatic rings. The number of amides is 2. The molecule has 0 radical (unpaired) electrons. The number of hydrogen-bond acceptors (Lipinski definition) is 5. The van der Waals surface area contributed by atoms with Gasteiger partial charge in [0.25, 0.3) is 0 Å². The van der Waals surface area contributed by atoms with Gasteiger partial charge in [0, 0.05) is 24.4 Å². The van der Waals surface area contributed by atoms with Crippen LogP contribution >= 0.6 is 0 Å². The Kier molecular flexibility index (Phi) is 18.0. The van der Waals surface area contributed by atoms with Crippen LogP contribution in [0.1, 0.15) is 152 Å². The first-order valence-corrected chi connectivity index (χ1v) is 17.2. The molecule has 3 atom stereocenters. The van der Waals surface area contributed by atoms with Gasteiger partial charge >= 0.3 is 5.97 Å². The van der Waals surface area contributed by atoms with Crippen LogP contribution in [0.25, 0.3) is 0 Å². The van der Waals surface area contributed by atoms with Gasteiger partial charge < -0.3 is 25.2 Å². The van der Waals surface area contributed by atoms with Crippen LogP contribution in [0.4, 0.5) is 0 Å². The summed E-state index contributed by atoms with van der Waals surface area (Å²) in [6.45, 7) is 16.7. The maximum Gasteiger partial charge on any atom is 0.308 e. The molecule has 3 N–H and O–H groups in total. The average Bonchev–Trinajstić information content (AvgIpc) is 2.91. The van der Waals surface area contributed by atoms with E-state index in [2.05, 4.69) is 38.3 Å². The molecular weight excluding hydrogens is 544 g/mol. The zero-order valence-corrected chi connectivity index (χ0v) is 28.9. The topological polar surface area (TPSA) is 114 Å². The van der Waals surface area contributed by atoms with Crippen LogP contribution in [0.5, 0.6) is 0 Å². The van der Waals surface area contributed by atoms with Crippen molar-refractivity contribution in [1.29, 1.82) is 0 Å². The molecule has 1 fully saturated rings. The van der Waals surface area contributed by atoms with Gasteiger partial charge in [-0.25, -0.2) is 0 Å². The molecule has 1 saturated heterocycles. The number of carbonyl (C=O) groups excluding carboxylic acids is 2. The van der Waals surface area contributed by atoms with Gasteiger partial charge in [-0.2, -0.15) is 0 Å². The van der Waals surface area contributed by atoms with E-state index in [0.717, 1.165) is 19.3 Å². The molecule has 1 heterocycles. The first-order valence-electron chi connectivity index (χ1n) is 17.2. The van der Waals surface area contributed by atoms with Crippen molar-refractivity contribution in [3.8, 4) is 0 Å². The standard InChI is InChI=1S/C35H66N2O6/c1-9-10-11-12-13-14-15-16-17-18-19-20-23-28(33(2,3)4)30(38)36-24-21-22-27(32(40)41)25-37-31(39)29-34(5,6)26-42-35(7,8)43-29/h27-29H,9-26H2,1-8H3,(H,36,38)(H,37,39)(H,40,41). The monoisotopic (exact) mass is 610 g/mol. The first kappa shape index (κ1) is 39.4. The Morgan fingerprint density at radius 3 is 1.86 bits per heavy atom. The van der Waals surface area contributed by atoms with Crippen molar-refractivity contribution in [3.63, 3.8) is 0 Å². The van der Waals surface area contributed by atoms with Crippen molar-refractivity contribution >= 4 is 17.8 Å². The predicted molar refractivity (Wildman–Crippen MR) is 174 cm³/mol. The first-order chi connectivity index (χ1) is 20.1. The highest BCUT2D eigenvalue weighted by molar-refractivity contribution is 5.82. The Morgan fingerprint density at radius 1 is 0.814 bits per heavy atom. The van der Waals surface area contributed by atoms with Gasteiger partial charge in [0.15, 0.2) is 5.79 Å². The molecular formula is C35H66N2O6. The summed E-state index contributed by atoms with van der Waals surface area (Å²) in [6.07, 6.45) is 16.6. The van der Waals surface area contributed by atoms with E-state index < -0.39 is 29.2 Å². The Hall–Kier alpha value is -1.67. The van der Waals surface area contributed by atoms with Gasteiger partial charge in [0.2, 0.25) is 11.8 Å². The second-order valence-electron chi connectivity index (χ2n) is 15.0. The van der Waals surface area contributed by atoms with Crippen molar-refractivity contribution in [2.75, 3.05) is 19.7 Å². The Balaban J connectivity index is 2.36. The molecule has 8 nitrogen and oxygen atoms in total. The number of nitrogens with one attached hydrogen (secondary N) is 2. The van der Waals surface area contributed by atoms with E-state index in [1.807, 2.05) is 13.8 Å². The Labute approximate surface area is 263 Å². The van der Waals surface area contributed by atoms with Crippen LogP contribution in [-0.2, 0) is 23.9 Å². The van der Waals surface area contributed by atoms with E-state index in [-0.39, 0.29) is 29.7 Å². The lowest BCUT2D eigenvalue weighted by molar-refractivity contribution is -0.304. The Morgan fingerprint density at radius 2 is 1.35 bits per heavy atom. The number of ether oxygens (including phenoxy) is 2. The highest BCUT2D eigenvalue weighted by Crippen LogP contribution is 2.35. The van der Waals surface area contributed by atoms with Gasteiger partial charge in [0.1, 0.15) is 6.10 Å². The van der Waals surface area contributed by atoms with Gasteiger partial charge in [-0.3, -0.25) is 14.4 Å². The Bertz CT molecular complexity index is 820. The molecule has 1 rings (SSSR count).